The molecule has 86 valence electrons. The fraction of sp³-hybridized carbons (Fsp3) is 0.500. The average Bonchev–Trinajstić information content (AvgIpc) is 2.75. The van der Waals surface area contributed by atoms with Crippen molar-refractivity contribution in [2.45, 2.75) is 6.54 Å². The monoisotopic (exact) mass is 253 g/mol. The van der Waals surface area contributed by atoms with Crippen molar-refractivity contribution < 1.29 is 5.11 Å². The van der Waals surface area contributed by atoms with Crippen LogP contribution in [0.25, 0.3) is 0 Å². The maximum Gasteiger partial charge on any atom is 0.104 e. The molecule has 0 saturated carbocycles. The zero-order valence-electron chi connectivity index (χ0n) is 9.11. The van der Waals surface area contributed by atoms with Crippen LogP contribution >= 0.6 is 23.1 Å². The van der Waals surface area contributed by atoms with Gasteiger partial charge in [-0.25, -0.2) is 0 Å². The molecule has 0 aliphatic carbocycles. The Kier molecular flexibility index (Phi) is 4.73. The van der Waals surface area contributed by atoms with E-state index < -0.39 is 0 Å². The molecule has 1 saturated heterocycles. The highest BCUT2D eigenvalue weighted by Gasteiger charge is 2.11. The standard InChI is InChI=1S/C12H15NOS2/c14-5-1-2-11-8-12(16-10-11)9-13-3-6-15-7-4-13/h8,10,14H,3-7,9H2. The molecule has 2 rings (SSSR count). The van der Waals surface area contributed by atoms with E-state index in [-0.39, 0.29) is 6.61 Å². The molecule has 1 aromatic heterocycles. The number of thiophene rings is 1. The van der Waals surface area contributed by atoms with Gasteiger partial charge in [0.1, 0.15) is 6.61 Å². The van der Waals surface area contributed by atoms with E-state index >= 15 is 0 Å². The first kappa shape index (κ1) is 12.0. The van der Waals surface area contributed by atoms with Crippen LogP contribution in [0.1, 0.15) is 10.4 Å². The molecule has 1 aliphatic heterocycles. The van der Waals surface area contributed by atoms with E-state index in [0.717, 1.165) is 12.1 Å². The molecule has 1 N–H and O–H groups in total. The van der Waals surface area contributed by atoms with Gasteiger partial charge in [-0.05, 0) is 6.07 Å². The second-order valence-corrected chi connectivity index (χ2v) is 5.87. The molecule has 0 bridgehead atoms. The molecule has 0 atom stereocenters. The van der Waals surface area contributed by atoms with Crippen LogP contribution in [0.3, 0.4) is 0 Å². The number of hydrogen-bond acceptors (Lipinski definition) is 4. The lowest BCUT2D eigenvalue weighted by molar-refractivity contribution is 0.297. The number of thioether (sulfide) groups is 1. The zero-order chi connectivity index (χ0) is 11.2. The summed E-state index contributed by atoms with van der Waals surface area (Å²) in [6, 6.07) is 2.13. The third-order valence-corrected chi connectivity index (χ3v) is 4.31. The second kappa shape index (κ2) is 6.31. The van der Waals surface area contributed by atoms with Crippen LogP contribution in [-0.2, 0) is 6.54 Å². The van der Waals surface area contributed by atoms with Crippen molar-refractivity contribution in [1.82, 2.24) is 4.90 Å². The van der Waals surface area contributed by atoms with Crippen molar-refractivity contribution in [2.75, 3.05) is 31.2 Å². The molecule has 2 heterocycles. The quantitative estimate of drug-likeness (QED) is 0.811. The Morgan fingerprint density at radius 2 is 2.19 bits per heavy atom. The Balaban J connectivity index is 1.91. The first-order valence-corrected chi connectivity index (χ1v) is 7.39. The Morgan fingerprint density at radius 1 is 1.38 bits per heavy atom. The van der Waals surface area contributed by atoms with Crippen molar-refractivity contribution in [1.29, 1.82) is 0 Å². The number of rotatable bonds is 2. The van der Waals surface area contributed by atoms with Gasteiger partial charge in [-0.1, -0.05) is 11.8 Å². The van der Waals surface area contributed by atoms with E-state index in [9.17, 15) is 0 Å². The van der Waals surface area contributed by atoms with Crippen molar-refractivity contribution in [3.05, 3.63) is 21.9 Å². The summed E-state index contributed by atoms with van der Waals surface area (Å²) in [7, 11) is 0. The minimum Gasteiger partial charge on any atom is -0.384 e. The minimum atomic E-state index is -0.0610. The van der Waals surface area contributed by atoms with Crippen LogP contribution in [0, 0.1) is 11.8 Å². The fourth-order valence-electron chi connectivity index (χ4n) is 1.65. The zero-order valence-corrected chi connectivity index (χ0v) is 10.7. The molecule has 0 aromatic carbocycles. The van der Waals surface area contributed by atoms with Crippen molar-refractivity contribution >= 4 is 23.1 Å². The predicted octanol–water partition coefficient (Wildman–Crippen LogP) is 1.64. The Bertz CT molecular complexity index is 385. The highest BCUT2D eigenvalue weighted by molar-refractivity contribution is 7.99. The first-order valence-electron chi connectivity index (χ1n) is 5.36. The van der Waals surface area contributed by atoms with Crippen LogP contribution in [0.2, 0.25) is 0 Å². The largest absolute Gasteiger partial charge is 0.384 e. The fourth-order valence-corrected chi connectivity index (χ4v) is 3.49. The summed E-state index contributed by atoms with van der Waals surface area (Å²) in [4.78, 5) is 3.86. The van der Waals surface area contributed by atoms with Crippen LogP contribution < -0.4 is 0 Å². The van der Waals surface area contributed by atoms with Crippen LogP contribution in [0.5, 0.6) is 0 Å². The van der Waals surface area contributed by atoms with Crippen molar-refractivity contribution in [3.63, 3.8) is 0 Å². The third-order valence-electron chi connectivity index (χ3n) is 2.45. The van der Waals surface area contributed by atoms with E-state index in [2.05, 4.69) is 28.2 Å². The highest BCUT2D eigenvalue weighted by Crippen LogP contribution is 2.18. The molecule has 0 radical (unpaired) electrons. The molecular weight excluding hydrogens is 238 g/mol. The second-order valence-electron chi connectivity index (χ2n) is 3.65. The number of aliphatic hydroxyl groups excluding tert-OH is 1. The summed E-state index contributed by atoms with van der Waals surface area (Å²) in [5.41, 5.74) is 1.03. The summed E-state index contributed by atoms with van der Waals surface area (Å²) in [5, 5.41) is 10.7. The van der Waals surface area contributed by atoms with E-state index in [0.29, 0.717) is 0 Å². The molecular formula is C12H15NOS2. The minimum absolute atomic E-state index is 0.0610. The van der Waals surface area contributed by atoms with Gasteiger partial charge in [-0.15, -0.1) is 11.3 Å². The maximum atomic E-state index is 8.61. The molecule has 16 heavy (non-hydrogen) atoms. The molecule has 0 unspecified atom stereocenters. The summed E-state index contributed by atoms with van der Waals surface area (Å²) in [6.45, 7) is 3.38. The molecule has 0 amide bonds. The normalized spacial score (nSPS) is 16.8. The average molecular weight is 253 g/mol. The van der Waals surface area contributed by atoms with Gasteiger partial charge in [0, 0.05) is 47.0 Å². The number of hydrogen-bond donors (Lipinski definition) is 1. The van der Waals surface area contributed by atoms with Gasteiger partial charge in [0.2, 0.25) is 0 Å². The summed E-state index contributed by atoms with van der Waals surface area (Å²) >= 11 is 3.80. The van der Waals surface area contributed by atoms with Gasteiger partial charge in [0.15, 0.2) is 0 Å². The van der Waals surface area contributed by atoms with Gasteiger partial charge >= 0.3 is 0 Å². The van der Waals surface area contributed by atoms with Gasteiger partial charge in [0.05, 0.1) is 0 Å². The van der Waals surface area contributed by atoms with E-state index in [1.165, 1.54) is 29.5 Å². The maximum absolute atomic E-state index is 8.61. The summed E-state index contributed by atoms with van der Waals surface area (Å²) in [6.07, 6.45) is 0. The lowest BCUT2D eigenvalue weighted by atomic mass is 10.3. The molecule has 4 heteroatoms. The van der Waals surface area contributed by atoms with Crippen LogP contribution in [0.15, 0.2) is 11.4 Å². The van der Waals surface area contributed by atoms with Gasteiger partial charge in [-0.3, -0.25) is 4.90 Å². The molecule has 2 nitrogen and oxygen atoms in total. The van der Waals surface area contributed by atoms with E-state index in [1.807, 2.05) is 11.8 Å². The molecule has 0 spiro atoms. The van der Waals surface area contributed by atoms with Crippen LogP contribution in [0.4, 0.5) is 0 Å². The summed E-state index contributed by atoms with van der Waals surface area (Å²) < 4.78 is 0. The van der Waals surface area contributed by atoms with Crippen molar-refractivity contribution in [2.24, 2.45) is 0 Å². The Hall–Kier alpha value is -0.470. The molecule has 1 fully saturated rings. The number of nitrogens with zero attached hydrogens (tertiary/aromatic N) is 1. The first-order chi connectivity index (χ1) is 7.88. The lowest BCUT2D eigenvalue weighted by Crippen LogP contribution is -2.31. The topological polar surface area (TPSA) is 23.5 Å². The highest BCUT2D eigenvalue weighted by atomic mass is 32.2. The SMILES string of the molecule is OCC#Cc1csc(CN2CCSCC2)c1. The molecule has 1 aromatic rings. The van der Waals surface area contributed by atoms with Gasteiger partial charge in [0.25, 0.3) is 0 Å². The van der Waals surface area contributed by atoms with Crippen molar-refractivity contribution in [3.8, 4) is 11.8 Å². The van der Waals surface area contributed by atoms with Crippen LogP contribution in [-0.4, -0.2) is 41.2 Å². The lowest BCUT2D eigenvalue weighted by Gasteiger charge is -2.25. The van der Waals surface area contributed by atoms with Gasteiger partial charge < -0.3 is 5.11 Å². The van der Waals surface area contributed by atoms with E-state index in [4.69, 9.17) is 5.11 Å². The third kappa shape index (κ3) is 3.53. The van der Waals surface area contributed by atoms with E-state index in [1.54, 1.807) is 11.3 Å². The Morgan fingerprint density at radius 3 is 2.94 bits per heavy atom. The van der Waals surface area contributed by atoms with Gasteiger partial charge in [-0.2, -0.15) is 11.8 Å². The number of aliphatic hydroxyl groups is 1. The summed E-state index contributed by atoms with van der Waals surface area (Å²) in [5.74, 6) is 8.12. The molecule has 1 aliphatic rings. The smallest absolute Gasteiger partial charge is 0.104 e. The Labute approximate surface area is 105 Å². The predicted molar refractivity (Wildman–Crippen MR) is 70.9 cm³/mol.